The number of ether oxygens (including phenoxy) is 2. The van der Waals surface area contributed by atoms with E-state index in [1.807, 2.05) is 24.3 Å². The molecule has 0 fully saturated rings. The van der Waals surface area contributed by atoms with Crippen LogP contribution in [0.25, 0.3) is 6.08 Å². The minimum atomic E-state index is -1.01. The third-order valence-electron chi connectivity index (χ3n) is 5.11. The molecule has 0 spiro atoms. The second kappa shape index (κ2) is 9.75. The zero-order valence-corrected chi connectivity index (χ0v) is 17.1. The zero-order valence-electron chi connectivity index (χ0n) is 17.1. The monoisotopic (exact) mass is 404 g/mol. The fourth-order valence-electron chi connectivity index (χ4n) is 3.47. The van der Waals surface area contributed by atoms with Crippen molar-refractivity contribution in [1.82, 2.24) is 5.32 Å². The number of aryl methyl sites for hydroxylation is 1. The standard InChI is InChI=1S/C24H24N2O4/c1-16(23(27)26-22-9-5-7-18-6-3-4-8-21(18)22)30-24(28)19(15-25)14-17-10-12-20(29-2)13-11-17/h3-4,6,8,10-14,16,22H,5,7,9H2,1-2H3,(H,26,27)/b19-14+/t16-,22-/m0/s1. The number of carbonyl (C=O) groups excluding carboxylic acids is 2. The molecular weight excluding hydrogens is 380 g/mol. The Morgan fingerprint density at radius 1 is 1.20 bits per heavy atom. The molecule has 1 N–H and O–H groups in total. The van der Waals surface area contributed by atoms with Crippen LogP contribution in [0.4, 0.5) is 0 Å². The van der Waals surface area contributed by atoms with Crippen molar-refractivity contribution in [2.24, 2.45) is 0 Å². The summed E-state index contributed by atoms with van der Waals surface area (Å²) in [6.07, 6.45) is 3.22. The van der Waals surface area contributed by atoms with Crippen molar-refractivity contribution in [2.75, 3.05) is 7.11 Å². The normalized spacial score (nSPS) is 16.6. The number of hydrogen-bond acceptors (Lipinski definition) is 5. The van der Waals surface area contributed by atoms with Crippen molar-refractivity contribution in [3.63, 3.8) is 0 Å². The SMILES string of the molecule is COc1ccc(/C=C(\C#N)C(=O)O[C@@H](C)C(=O)N[C@H]2CCCc3ccccc32)cc1. The second-order valence-corrected chi connectivity index (χ2v) is 7.14. The molecule has 2 aromatic carbocycles. The first-order valence-corrected chi connectivity index (χ1v) is 9.87. The zero-order chi connectivity index (χ0) is 21.5. The van der Waals surface area contributed by atoms with Crippen molar-refractivity contribution in [2.45, 2.75) is 38.3 Å². The molecule has 0 saturated heterocycles. The average Bonchev–Trinajstić information content (AvgIpc) is 2.78. The van der Waals surface area contributed by atoms with E-state index in [-0.39, 0.29) is 17.5 Å². The van der Waals surface area contributed by atoms with E-state index in [1.165, 1.54) is 18.6 Å². The highest BCUT2D eigenvalue weighted by atomic mass is 16.5. The molecule has 2 aromatic rings. The number of esters is 1. The number of rotatable bonds is 6. The Morgan fingerprint density at radius 3 is 2.63 bits per heavy atom. The molecule has 0 saturated carbocycles. The molecule has 1 aliphatic carbocycles. The molecule has 1 amide bonds. The number of carbonyl (C=O) groups is 2. The summed E-state index contributed by atoms with van der Waals surface area (Å²) >= 11 is 0. The van der Waals surface area contributed by atoms with Gasteiger partial charge in [-0.2, -0.15) is 5.26 Å². The van der Waals surface area contributed by atoms with Crippen molar-refractivity contribution in [3.05, 3.63) is 70.8 Å². The molecule has 154 valence electrons. The molecule has 30 heavy (non-hydrogen) atoms. The number of nitrogens with one attached hydrogen (secondary N) is 1. The third-order valence-corrected chi connectivity index (χ3v) is 5.11. The van der Waals surface area contributed by atoms with Crippen LogP contribution in [0.2, 0.25) is 0 Å². The van der Waals surface area contributed by atoms with Crippen molar-refractivity contribution < 1.29 is 19.1 Å². The summed E-state index contributed by atoms with van der Waals surface area (Å²) in [4.78, 5) is 25.0. The molecule has 1 aliphatic rings. The second-order valence-electron chi connectivity index (χ2n) is 7.14. The van der Waals surface area contributed by atoms with E-state index in [4.69, 9.17) is 9.47 Å². The maximum Gasteiger partial charge on any atom is 0.349 e. The van der Waals surface area contributed by atoms with Crippen molar-refractivity contribution in [3.8, 4) is 11.8 Å². The Kier molecular flexibility index (Phi) is 6.87. The smallest absolute Gasteiger partial charge is 0.349 e. The lowest BCUT2D eigenvalue weighted by atomic mass is 9.87. The van der Waals surface area contributed by atoms with Gasteiger partial charge in [-0.1, -0.05) is 36.4 Å². The highest BCUT2D eigenvalue weighted by molar-refractivity contribution is 5.99. The number of fused-ring (bicyclic) bond motifs is 1. The van der Waals surface area contributed by atoms with Gasteiger partial charge in [0.05, 0.1) is 13.2 Å². The van der Waals surface area contributed by atoms with Gasteiger partial charge in [0.15, 0.2) is 6.10 Å². The van der Waals surface area contributed by atoms with Crippen LogP contribution in [0.5, 0.6) is 5.75 Å². The molecule has 0 radical (unpaired) electrons. The Bertz CT molecular complexity index is 989. The van der Waals surface area contributed by atoms with Crippen LogP contribution in [0.3, 0.4) is 0 Å². The highest BCUT2D eigenvalue weighted by Crippen LogP contribution is 2.29. The van der Waals surface area contributed by atoms with Gasteiger partial charge >= 0.3 is 5.97 Å². The molecular formula is C24H24N2O4. The Hall–Kier alpha value is -3.59. The number of nitrogens with zero attached hydrogens (tertiary/aromatic N) is 1. The van der Waals surface area contributed by atoms with Gasteiger partial charge in [0.1, 0.15) is 17.4 Å². The first-order valence-electron chi connectivity index (χ1n) is 9.87. The predicted octanol–water partition coefficient (Wildman–Crippen LogP) is 3.73. The van der Waals surface area contributed by atoms with Crippen molar-refractivity contribution in [1.29, 1.82) is 5.26 Å². The van der Waals surface area contributed by atoms with Gasteiger partial charge in [-0.05, 0) is 61.1 Å². The van der Waals surface area contributed by atoms with E-state index < -0.39 is 12.1 Å². The van der Waals surface area contributed by atoms with E-state index in [9.17, 15) is 14.9 Å². The summed E-state index contributed by atoms with van der Waals surface area (Å²) in [7, 11) is 1.56. The van der Waals surface area contributed by atoms with Gasteiger partial charge in [0, 0.05) is 0 Å². The van der Waals surface area contributed by atoms with Gasteiger partial charge < -0.3 is 14.8 Å². The third kappa shape index (κ3) is 5.06. The van der Waals surface area contributed by atoms with Crippen LogP contribution in [0.1, 0.15) is 42.5 Å². The van der Waals surface area contributed by atoms with E-state index in [1.54, 1.807) is 31.4 Å². The van der Waals surface area contributed by atoms with Gasteiger partial charge in [-0.25, -0.2) is 4.79 Å². The molecule has 0 heterocycles. The summed E-state index contributed by atoms with van der Waals surface area (Å²) in [6, 6.07) is 16.7. The van der Waals surface area contributed by atoms with Crippen LogP contribution >= 0.6 is 0 Å². The summed E-state index contributed by atoms with van der Waals surface area (Å²) in [5.74, 6) is -0.547. The Morgan fingerprint density at radius 2 is 1.93 bits per heavy atom. The molecule has 0 unspecified atom stereocenters. The molecule has 0 bridgehead atoms. The quantitative estimate of drug-likeness (QED) is 0.450. The van der Waals surface area contributed by atoms with E-state index in [2.05, 4.69) is 11.4 Å². The minimum absolute atomic E-state index is 0.103. The van der Waals surface area contributed by atoms with Crippen LogP contribution in [-0.4, -0.2) is 25.1 Å². The van der Waals surface area contributed by atoms with E-state index >= 15 is 0 Å². The number of benzene rings is 2. The molecule has 2 atom stereocenters. The lowest BCUT2D eigenvalue weighted by Gasteiger charge is -2.27. The van der Waals surface area contributed by atoms with Crippen LogP contribution in [0.15, 0.2) is 54.1 Å². The van der Waals surface area contributed by atoms with Crippen LogP contribution in [0, 0.1) is 11.3 Å². The molecule has 6 heteroatoms. The predicted molar refractivity (Wildman–Crippen MR) is 112 cm³/mol. The highest BCUT2D eigenvalue weighted by Gasteiger charge is 2.26. The summed E-state index contributed by atoms with van der Waals surface area (Å²) in [6.45, 7) is 1.50. The van der Waals surface area contributed by atoms with E-state index in [0.717, 1.165) is 24.8 Å². The number of nitriles is 1. The summed E-state index contributed by atoms with van der Waals surface area (Å²) in [5, 5.41) is 12.3. The van der Waals surface area contributed by atoms with Gasteiger partial charge in [-0.15, -0.1) is 0 Å². The maximum atomic E-state index is 12.6. The van der Waals surface area contributed by atoms with Gasteiger partial charge in [0.25, 0.3) is 5.91 Å². The number of hydrogen-bond donors (Lipinski definition) is 1. The van der Waals surface area contributed by atoms with Gasteiger partial charge in [-0.3, -0.25) is 4.79 Å². The molecule has 3 rings (SSSR count). The first-order chi connectivity index (χ1) is 14.5. The first kappa shape index (κ1) is 21.1. The fraction of sp³-hybridized carbons (Fsp3) is 0.292. The number of amides is 1. The molecule has 0 aromatic heterocycles. The largest absolute Gasteiger partial charge is 0.497 e. The Balaban J connectivity index is 1.63. The lowest BCUT2D eigenvalue weighted by molar-refractivity contribution is -0.151. The average molecular weight is 404 g/mol. The van der Waals surface area contributed by atoms with Crippen LogP contribution < -0.4 is 10.1 Å². The Labute approximate surface area is 176 Å². The lowest BCUT2D eigenvalue weighted by Crippen LogP contribution is -2.39. The van der Waals surface area contributed by atoms with Crippen LogP contribution in [-0.2, 0) is 20.7 Å². The number of methoxy groups -OCH3 is 1. The van der Waals surface area contributed by atoms with Crippen molar-refractivity contribution >= 4 is 18.0 Å². The van der Waals surface area contributed by atoms with Gasteiger partial charge in [0.2, 0.25) is 0 Å². The minimum Gasteiger partial charge on any atom is -0.497 e. The molecule has 0 aliphatic heterocycles. The summed E-state index contributed by atoms with van der Waals surface area (Å²) < 4.78 is 10.3. The summed E-state index contributed by atoms with van der Waals surface area (Å²) in [5.41, 5.74) is 2.81. The fourth-order valence-corrected chi connectivity index (χ4v) is 3.47. The molecule has 6 nitrogen and oxygen atoms in total. The van der Waals surface area contributed by atoms with E-state index in [0.29, 0.717) is 11.3 Å². The maximum absolute atomic E-state index is 12.6. The topological polar surface area (TPSA) is 88.4 Å².